The first-order chi connectivity index (χ1) is 14.8. The summed E-state index contributed by atoms with van der Waals surface area (Å²) in [5, 5.41) is 0.988. The van der Waals surface area contributed by atoms with Gasteiger partial charge in [-0.2, -0.15) is 10.6 Å². The number of benzene rings is 2. The topological polar surface area (TPSA) is 103 Å². The molecule has 4 rings (SSSR count). The van der Waals surface area contributed by atoms with E-state index >= 15 is 0 Å². The Morgan fingerprint density at radius 2 is 1.74 bits per heavy atom. The molecule has 1 fully saturated rings. The Kier molecular flexibility index (Phi) is 6.01. The van der Waals surface area contributed by atoms with Gasteiger partial charge in [0.05, 0.1) is 11.1 Å². The summed E-state index contributed by atoms with van der Waals surface area (Å²) in [7, 11) is -2.44. The van der Waals surface area contributed by atoms with Gasteiger partial charge in [0.2, 0.25) is 0 Å². The lowest BCUT2D eigenvalue weighted by Crippen LogP contribution is -2.21. The molecule has 0 saturated carbocycles. The summed E-state index contributed by atoms with van der Waals surface area (Å²) < 4.78 is 20.0. The zero-order chi connectivity index (χ0) is 22.2. The van der Waals surface area contributed by atoms with Gasteiger partial charge in [-0.15, -0.1) is 0 Å². The first-order valence-electron chi connectivity index (χ1n) is 10.9. The van der Waals surface area contributed by atoms with E-state index in [9.17, 15) is 13.9 Å². The van der Waals surface area contributed by atoms with Crippen LogP contribution in [0.3, 0.4) is 0 Å². The SMILES string of the molecule is CCN(CC)c1ccc(-c2cc(C(N)=O)c3[nH]cc(C4CCS(O)(O)CC4)c3c2)cc1. The van der Waals surface area contributed by atoms with E-state index in [-0.39, 0.29) is 5.92 Å². The van der Waals surface area contributed by atoms with Gasteiger partial charge in [-0.1, -0.05) is 12.1 Å². The van der Waals surface area contributed by atoms with E-state index in [1.165, 1.54) is 5.69 Å². The number of carbonyl (C=O) groups excluding carboxylic acids is 1. The lowest BCUT2D eigenvalue weighted by atomic mass is 9.91. The molecule has 0 atom stereocenters. The van der Waals surface area contributed by atoms with Crippen LogP contribution in [0.4, 0.5) is 5.69 Å². The van der Waals surface area contributed by atoms with E-state index in [0.717, 1.165) is 53.5 Å². The largest absolute Gasteiger partial charge is 0.372 e. The number of carbonyl (C=O) groups is 1. The molecule has 0 radical (unpaired) electrons. The first kappa shape index (κ1) is 21.7. The monoisotopic (exact) mass is 441 g/mol. The van der Waals surface area contributed by atoms with Crippen LogP contribution in [0, 0.1) is 0 Å². The van der Waals surface area contributed by atoms with Crippen LogP contribution in [0.2, 0.25) is 0 Å². The number of rotatable bonds is 6. The average Bonchev–Trinajstić information content (AvgIpc) is 3.18. The number of nitrogens with two attached hydrogens (primary N) is 1. The van der Waals surface area contributed by atoms with Gasteiger partial charge in [-0.3, -0.25) is 13.9 Å². The maximum atomic E-state index is 12.2. The van der Waals surface area contributed by atoms with Gasteiger partial charge in [-0.25, -0.2) is 0 Å². The fourth-order valence-corrected chi connectivity index (χ4v) is 6.15. The van der Waals surface area contributed by atoms with E-state index in [0.29, 0.717) is 17.1 Å². The molecule has 5 N–H and O–H groups in total. The number of hydrogen-bond acceptors (Lipinski definition) is 4. The Morgan fingerprint density at radius 1 is 1.10 bits per heavy atom. The molecule has 2 aromatic carbocycles. The number of anilines is 1. The molecule has 0 unspecified atom stereocenters. The molecule has 3 aromatic rings. The summed E-state index contributed by atoms with van der Waals surface area (Å²) in [5.74, 6) is 0.631. The molecule has 2 heterocycles. The van der Waals surface area contributed by atoms with Gasteiger partial charge < -0.3 is 15.6 Å². The predicted molar refractivity (Wildman–Crippen MR) is 130 cm³/mol. The number of nitrogens with zero attached hydrogens (tertiary/aromatic N) is 1. The lowest BCUT2D eigenvalue weighted by molar-refractivity contribution is 0.100. The van der Waals surface area contributed by atoms with Gasteiger partial charge in [0.1, 0.15) is 0 Å². The fraction of sp³-hybridized carbons (Fsp3) is 0.375. The van der Waals surface area contributed by atoms with Gasteiger partial charge in [0.25, 0.3) is 5.91 Å². The van der Waals surface area contributed by atoms with Crippen molar-refractivity contribution in [2.24, 2.45) is 5.73 Å². The zero-order valence-corrected chi connectivity index (χ0v) is 18.9. The Labute approximate surface area is 184 Å². The minimum atomic E-state index is -2.44. The van der Waals surface area contributed by atoms with E-state index in [2.05, 4.69) is 54.1 Å². The molecular weight excluding hydrogens is 410 g/mol. The molecule has 0 aliphatic carbocycles. The molecule has 31 heavy (non-hydrogen) atoms. The van der Waals surface area contributed by atoms with Crippen LogP contribution in [0.25, 0.3) is 22.0 Å². The second-order valence-corrected chi connectivity index (χ2v) is 10.7. The van der Waals surface area contributed by atoms with E-state index < -0.39 is 16.5 Å². The van der Waals surface area contributed by atoms with Gasteiger partial charge in [-0.05, 0) is 73.6 Å². The molecule has 0 spiro atoms. The maximum absolute atomic E-state index is 12.2. The molecule has 1 aliphatic rings. The molecule has 6 nitrogen and oxygen atoms in total. The van der Waals surface area contributed by atoms with Crippen molar-refractivity contribution in [1.29, 1.82) is 0 Å². The van der Waals surface area contributed by atoms with Crippen molar-refractivity contribution in [2.75, 3.05) is 29.5 Å². The Morgan fingerprint density at radius 3 is 2.32 bits per heavy atom. The summed E-state index contributed by atoms with van der Waals surface area (Å²) in [6.07, 6.45) is 3.40. The second kappa shape index (κ2) is 8.57. The van der Waals surface area contributed by atoms with Crippen molar-refractivity contribution in [2.45, 2.75) is 32.6 Å². The molecule has 0 bridgehead atoms. The fourth-order valence-electron chi connectivity index (χ4n) is 4.62. The molecular formula is C24H31N3O3S. The standard InChI is InChI=1S/C24H31N3O3S/c1-3-27(4-2)19-7-5-16(6-8-19)18-13-20-22(17-9-11-31(29,30)12-10-17)15-26-23(20)21(14-18)24(25)28/h5-8,13-15,17,26,29-30H,3-4,9-12H2,1-2H3,(H2,25,28). The highest BCUT2D eigenvalue weighted by Gasteiger charge is 2.27. The molecule has 1 saturated heterocycles. The summed E-state index contributed by atoms with van der Waals surface area (Å²) in [5.41, 5.74) is 11.2. The number of aromatic amines is 1. The molecule has 1 amide bonds. The predicted octanol–water partition coefficient (Wildman–Crippen LogP) is 5.41. The molecule has 166 valence electrons. The number of hydrogen-bond donors (Lipinski definition) is 4. The van der Waals surface area contributed by atoms with E-state index in [4.69, 9.17) is 5.73 Å². The van der Waals surface area contributed by atoms with Crippen LogP contribution >= 0.6 is 10.6 Å². The summed E-state index contributed by atoms with van der Waals surface area (Å²) >= 11 is 0. The number of aromatic nitrogens is 1. The number of nitrogens with one attached hydrogen (secondary N) is 1. The summed E-state index contributed by atoms with van der Waals surface area (Å²) in [4.78, 5) is 17.8. The first-order valence-corrected chi connectivity index (χ1v) is 12.7. The third kappa shape index (κ3) is 4.31. The van der Waals surface area contributed by atoms with Crippen molar-refractivity contribution in [3.63, 3.8) is 0 Å². The molecule has 1 aromatic heterocycles. The number of fused-ring (bicyclic) bond motifs is 1. The highest BCUT2D eigenvalue weighted by molar-refractivity contribution is 8.24. The van der Waals surface area contributed by atoms with Crippen LogP contribution in [0.15, 0.2) is 42.6 Å². The summed E-state index contributed by atoms with van der Waals surface area (Å²) in [6, 6.07) is 12.4. The third-order valence-corrected chi connectivity index (χ3v) is 8.22. The normalized spacial score (nSPS) is 17.5. The number of H-pyrrole nitrogens is 1. The summed E-state index contributed by atoms with van der Waals surface area (Å²) in [6.45, 7) is 6.18. The number of amides is 1. The van der Waals surface area contributed by atoms with E-state index in [1.54, 1.807) is 0 Å². The number of primary amides is 1. The van der Waals surface area contributed by atoms with Crippen LogP contribution < -0.4 is 10.6 Å². The second-order valence-electron chi connectivity index (χ2n) is 8.26. The smallest absolute Gasteiger partial charge is 0.250 e. The maximum Gasteiger partial charge on any atom is 0.250 e. The Balaban J connectivity index is 1.75. The van der Waals surface area contributed by atoms with Gasteiger partial charge in [0.15, 0.2) is 0 Å². The van der Waals surface area contributed by atoms with Gasteiger partial charge in [0, 0.05) is 41.9 Å². The van der Waals surface area contributed by atoms with Crippen LogP contribution in [-0.2, 0) is 0 Å². The molecule has 1 aliphatic heterocycles. The van der Waals surface area contributed by atoms with Crippen molar-refractivity contribution in [3.05, 3.63) is 53.7 Å². The minimum absolute atomic E-state index is 0.231. The van der Waals surface area contributed by atoms with E-state index in [1.807, 2.05) is 12.3 Å². The highest BCUT2D eigenvalue weighted by Crippen LogP contribution is 2.49. The van der Waals surface area contributed by atoms with Crippen molar-refractivity contribution < 1.29 is 13.9 Å². The zero-order valence-electron chi connectivity index (χ0n) is 18.1. The third-order valence-electron chi connectivity index (χ3n) is 6.44. The van der Waals surface area contributed by atoms with Crippen molar-refractivity contribution in [3.8, 4) is 11.1 Å². The Hall–Kier alpha value is -2.48. The van der Waals surface area contributed by atoms with Crippen molar-refractivity contribution in [1.82, 2.24) is 4.98 Å². The quantitative estimate of drug-likeness (QED) is 0.411. The lowest BCUT2D eigenvalue weighted by Gasteiger charge is -2.39. The molecule has 7 heteroatoms. The average molecular weight is 442 g/mol. The van der Waals surface area contributed by atoms with Crippen LogP contribution in [0.1, 0.15) is 48.5 Å². The highest BCUT2D eigenvalue weighted by atomic mass is 32.3. The van der Waals surface area contributed by atoms with Gasteiger partial charge >= 0.3 is 0 Å². The van der Waals surface area contributed by atoms with Crippen LogP contribution in [-0.4, -0.2) is 44.6 Å². The minimum Gasteiger partial charge on any atom is -0.372 e. The van der Waals surface area contributed by atoms with Crippen molar-refractivity contribution >= 4 is 33.1 Å². The Bertz CT molecular complexity index is 1080. The van der Waals surface area contributed by atoms with Crippen LogP contribution in [0.5, 0.6) is 0 Å².